The van der Waals surface area contributed by atoms with Crippen molar-refractivity contribution in [3.05, 3.63) is 58.7 Å². The summed E-state index contributed by atoms with van der Waals surface area (Å²) < 4.78 is 7.63. The van der Waals surface area contributed by atoms with Gasteiger partial charge in [-0.1, -0.05) is 35.9 Å². The molecule has 5 heteroatoms. The molecule has 0 aliphatic rings. The number of aliphatic hydroxyl groups excluding tert-OH is 1. The van der Waals surface area contributed by atoms with Crippen molar-refractivity contribution >= 4 is 22.5 Å². The zero-order chi connectivity index (χ0) is 14.8. The quantitative estimate of drug-likeness (QED) is 0.804. The SMILES string of the molecule is Cn1nc(COc2cccc(Cl)c2CO)c2ccccc21. The highest BCUT2D eigenvalue weighted by molar-refractivity contribution is 6.31. The van der Waals surface area contributed by atoms with Gasteiger partial charge in [0, 0.05) is 23.0 Å². The number of para-hydroxylation sites is 1. The van der Waals surface area contributed by atoms with Gasteiger partial charge in [0.25, 0.3) is 0 Å². The van der Waals surface area contributed by atoms with Gasteiger partial charge >= 0.3 is 0 Å². The number of ether oxygens (including phenoxy) is 1. The second-order valence-corrected chi connectivity index (χ2v) is 5.16. The standard InChI is InChI=1S/C16H15ClN2O2/c1-19-15-7-3-2-5-11(15)14(18-19)10-21-16-8-4-6-13(17)12(16)9-20/h2-8,20H,9-10H2,1H3. The van der Waals surface area contributed by atoms with E-state index in [9.17, 15) is 5.11 Å². The van der Waals surface area contributed by atoms with Gasteiger partial charge in [0.1, 0.15) is 18.1 Å². The minimum atomic E-state index is -0.155. The monoisotopic (exact) mass is 302 g/mol. The van der Waals surface area contributed by atoms with Crippen molar-refractivity contribution in [2.45, 2.75) is 13.2 Å². The van der Waals surface area contributed by atoms with Gasteiger partial charge < -0.3 is 9.84 Å². The van der Waals surface area contributed by atoms with Crippen molar-refractivity contribution in [2.75, 3.05) is 0 Å². The smallest absolute Gasteiger partial charge is 0.133 e. The first-order chi connectivity index (χ1) is 10.2. The van der Waals surface area contributed by atoms with Gasteiger partial charge in [0.2, 0.25) is 0 Å². The number of hydrogen-bond acceptors (Lipinski definition) is 3. The van der Waals surface area contributed by atoms with Gasteiger partial charge in [-0.15, -0.1) is 0 Å². The van der Waals surface area contributed by atoms with E-state index in [1.165, 1.54) is 0 Å². The maximum Gasteiger partial charge on any atom is 0.133 e. The van der Waals surface area contributed by atoms with E-state index in [0.29, 0.717) is 22.9 Å². The second kappa shape index (κ2) is 5.76. The molecule has 0 aliphatic carbocycles. The Hall–Kier alpha value is -2.04. The summed E-state index contributed by atoms with van der Waals surface area (Å²) in [4.78, 5) is 0. The molecule has 4 nitrogen and oxygen atoms in total. The summed E-state index contributed by atoms with van der Waals surface area (Å²) in [5, 5.41) is 15.4. The summed E-state index contributed by atoms with van der Waals surface area (Å²) in [6.07, 6.45) is 0. The number of aliphatic hydroxyl groups is 1. The molecule has 21 heavy (non-hydrogen) atoms. The van der Waals surface area contributed by atoms with E-state index in [4.69, 9.17) is 16.3 Å². The average Bonchev–Trinajstić information content (AvgIpc) is 2.82. The maximum atomic E-state index is 9.39. The largest absolute Gasteiger partial charge is 0.487 e. The average molecular weight is 303 g/mol. The Morgan fingerprint density at radius 3 is 2.81 bits per heavy atom. The maximum absolute atomic E-state index is 9.39. The van der Waals surface area contributed by atoms with E-state index >= 15 is 0 Å². The molecule has 2 aromatic carbocycles. The molecule has 0 aliphatic heterocycles. The summed E-state index contributed by atoms with van der Waals surface area (Å²) in [6.45, 7) is 0.173. The minimum absolute atomic E-state index is 0.155. The van der Waals surface area contributed by atoms with Crippen LogP contribution in [0.3, 0.4) is 0 Å². The van der Waals surface area contributed by atoms with Crippen LogP contribution in [0.25, 0.3) is 10.9 Å². The molecule has 0 unspecified atom stereocenters. The molecule has 0 radical (unpaired) electrons. The molecule has 0 fully saturated rings. The Bertz CT molecular complexity index is 783. The van der Waals surface area contributed by atoms with E-state index in [1.54, 1.807) is 18.2 Å². The molecule has 1 aromatic heterocycles. The van der Waals surface area contributed by atoms with Crippen LogP contribution in [-0.2, 0) is 20.3 Å². The molecular weight excluding hydrogens is 288 g/mol. The Labute approximate surface area is 127 Å². The number of hydrogen-bond donors (Lipinski definition) is 1. The van der Waals surface area contributed by atoms with E-state index in [1.807, 2.05) is 36.0 Å². The number of aryl methyl sites for hydroxylation is 1. The summed E-state index contributed by atoms with van der Waals surface area (Å²) in [5.74, 6) is 0.583. The molecule has 0 atom stereocenters. The van der Waals surface area contributed by atoms with Crippen molar-refractivity contribution < 1.29 is 9.84 Å². The van der Waals surface area contributed by atoms with Gasteiger partial charge in [-0.05, 0) is 18.2 Å². The summed E-state index contributed by atoms with van der Waals surface area (Å²) >= 11 is 6.05. The van der Waals surface area contributed by atoms with Crippen LogP contribution in [0.1, 0.15) is 11.3 Å². The fourth-order valence-electron chi connectivity index (χ4n) is 2.37. The Balaban J connectivity index is 1.89. The highest BCUT2D eigenvalue weighted by Crippen LogP contribution is 2.27. The highest BCUT2D eigenvalue weighted by atomic mass is 35.5. The van der Waals surface area contributed by atoms with Gasteiger partial charge in [0.05, 0.1) is 12.1 Å². The van der Waals surface area contributed by atoms with Crippen LogP contribution in [0.15, 0.2) is 42.5 Å². The van der Waals surface area contributed by atoms with Gasteiger partial charge in [-0.3, -0.25) is 4.68 Å². The number of aromatic nitrogens is 2. The van der Waals surface area contributed by atoms with Crippen LogP contribution in [0, 0.1) is 0 Å². The third-order valence-corrected chi connectivity index (χ3v) is 3.79. The predicted octanol–water partition coefficient (Wildman–Crippen LogP) is 3.30. The van der Waals surface area contributed by atoms with E-state index < -0.39 is 0 Å². The molecule has 0 saturated carbocycles. The number of nitrogens with zero attached hydrogens (tertiary/aromatic N) is 2. The highest BCUT2D eigenvalue weighted by Gasteiger charge is 2.11. The van der Waals surface area contributed by atoms with Crippen LogP contribution in [-0.4, -0.2) is 14.9 Å². The summed E-state index contributed by atoms with van der Waals surface area (Å²) in [5.41, 5.74) is 2.51. The lowest BCUT2D eigenvalue weighted by Crippen LogP contribution is -2.01. The Morgan fingerprint density at radius 1 is 1.19 bits per heavy atom. The molecule has 1 N–H and O–H groups in total. The van der Waals surface area contributed by atoms with Crippen LogP contribution in [0.4, 0.5) is 0 Å². The third-order valence-electron chi connectivity index (χ3n) is 3.43. The molecular formula is C16H15ClN2O2. The number of halogens is 1. The predicted molar refractivity (Wildman–Crippen MR) is 82.4 cm³/mol. The van der Waals surface area contributed by atoms with E-state index in [2.05, 4.69) is 5.10 Å². The van der Waals surface area contributed by atoms with Crippen LogP contribution < -0.4 is 4.74 Å². The van der Waals surface area contributed by atoms with Crippen molar-refractivity contribution in [1.82, 2.24) is 9.78 Å². The van der Waals surface area contributed by atoms with Gasteiger partial charge in [0.15, 0.2) is 0 Å². The van der Waals surface area contributed by atoms with E-state index in [0.717, 1.165) is 16.6 Å². The van der Waals surface area contributed by atoms with Gasteiger partial charge in [-0.25, -0.2) is 0 Å². The van der Waals surface area contributed by atoms with Crippen LogP contribution in [0.2, 0.25) is 5.02 Å². The molecule has 108 valence electrons. The van der Waals surface area contributed by atoms with Crippen molar-refractivity contribution in [3.63, 3.8) is 0 Å². The van der Waals surface area contributed by atoms with E-state index in [-0.39, 0.29) is 6.61 Å². The summed E-state index contributed by atoms with van der Waals surface area (Å²) in [7, 11) is 1.91. The zero-order valence-electron chi connectivity index (χ0n) is 11.6. The van der Waals surface area contributed by atoms with Crippen molar-refractivity contribution in [1.29, 1.82) is 0 Å². The van der Waals surface area contributed by atoms with Crippen molar-refractivity contribution in [3.8, 4) is 5.75 Å². The first-order valence-electron chi connectivity index (χ1n) is 6.62. The lowest BCUT2D eigenvalue weighted by molar-refractivity contribution is 0.257. The lowest BCUT2D eigenvalue weighted by Gasteiger charge is -2.10. The van der Waals surface area contributed by atoms with Gasteiger partial charge in [-0.2, -0.15) is 5.10 Å². The molecule has 0 amide bonds. The number of benzene rings is 2. The fraction of sp³-hybridized carbons (Fsp3) is 0.188. The number of fused-ring (bicyclic) bond motifs is 1. The molecule has 3 aromatic rings. The Kier molecular flexibility index (Phi) is 3.82. The van der Waals surface area contributed by atoms with Crippen molar-refractivity contribution in [2.24, 2.45) is 7.05 Å². The number of rotatable bonds is 4. The zero-order valence-corrected chi connectivity index (χ0v) is 12.3. The van der Waals surface area contributed by atoms with Crippen LogP contribution in [0.5, 0.6) is 5.75 Å². The molecule has 1 heterocycles. The topological polar surface area (TPSA) is 47.3 Å². The third kappa shape index (κ3) is 2.60. The molecule has 0 saturated heterocycles. The first kappa shape index (κ1) is 13.9. The summed E-state index contributed by atoms with van der Waals surface area (Å²) in [6, 6.07) is 13.3. The Morgan fingerprint density at radius 2 is 2.00 bits per heavy atom. The minimum Gasteiger partial charge on any atom is -0.487 e. The first-order valence-corrected chi connectivity index (χ1v) is 7.00. The molecule has 0 spiro atoms. The lowest BCUT2D eigenvalue weighted by atomic mass is 10.2. The molecule has 3 rings (SSSR count). The van der Waals surface area contributed by atoms with Crippen LogP contribution >= 0.6 is 11.6 Å². The second-order valence-electron chi connectivity index (χ2n) is 4.75. The normalized spacial score (nSPS) is 11.0. The fourth-order valence-corrected chi connectivity index (χ4v) is 2.59. The molecule has 0 bridgehead atoms.